The van der Waals surface area contributed by atoms with Crippen LogP contribution in [0.5, 0.6) is 0 Å². The predicted molar refractivity (Wildman–Crippen MR) is 82.4 cm³/mol. The molecule has 106 valence electrons. The monoisotopic (exact) mass is 355 g/mol. The Balaban J connectivity index is 2.10. The van der Waals surface area contributed by atoms with Crippen molar-refractivity contribution in [1.82, 2.24) is 9.29 Å². The third kappa shape index (κ3) is 4.03. The first-order valence-electron chi connectivity index (χ1n) is 5.87. The molecule has 0 saturated carbocycles. The van der Waals surface area contributed by atoms with Crippen LogP contribution in [0.2, 0.25) is 0 Å². The molecule has 0 saturated heterocycles. The van der Waals surface area contributed by atoms with Crippen LogP contribution in [0.1, 0.15) is 5.56 Å². The van der Waals surface area contributed by atoms with Crippen molar-refractivity contribution in [1.29, 1.82) is 0 Å². The molecule has 1 aromatic heterocycles. The molecule has 2 aromatic rings. The Morgan fingerprint density at radius 1 is 1.25 bits per heavy atom. The van der Waals surface area contributed by atoms with Crippen LogP contribution in [0.25, 0.3) is 0 Å². The van der Waals surface area contributed by atoms with Crippen LogP contribution in [-0.4, -0.2) is 24.8 Å². The molecule has 0 atom stereocenters. The smallest absolute Gasteiger partial charge is 0.254 e. The number of hydrogen-bond acceptors (Lipinski definition) is 3. The SMILES string of the molecule is CN(Cc1ccccc1)S(=O)(=O)Nc1cc(Br)ccn1. The molecule has 1 heterocycles. The first-order valence-corrected chi connectivity index (χ1v) is 8.10. The highest BCUT2D eigenvalue weighted by atomic mass is 79.9. The predicted octanol–water partition coefficient (Wildman–Crippen LogP) is 2.63. The summed E-state index contributed by atoms with van der Waals surface area (Å²) in [5, 5.41) is 0. The van der Waals surface area contributed by atoms with Gasteiger partial charge in [0.25, 0.3) is 0 Å². The van der Waals surface area contributed by atoms with E-state index in [0.29, 0.717) is 6.54 Å². The van der Waals surface area contributed by atoms with Crippen LogP contribution in [0.15, 0.2) is 53.1 Å². The van der Waals surface area contributed by atoms with E-state index in [9.17, 15) is 8.42 Å². The van der Waals surface area contributed by atoms with Crippen molar-refractivity contribution in [2.45, 2.75) is 6.54 Å². The van der Waals surface area contributed by atoms with Crippen molar-refractivity contribution in [2.24, 2.45) is 0 Å². The van der Waals surface area contributed by atoms with Gasteiger partial charge < -0.3 is 0 Å². The Labute approximate surface area is 127 Å². The summed E-state index contributed by atoms with van der Waals surface area (Å²) in [5.41, 5.74) is 0.919. The molecule has 0 spiro atoms. The zero-order chi connectivity index (χ0) is 14.6. The molecule has 20 heavy (non-hydrogen) atoms. The minimum Gasteiger partial charge on any atom is -0.254 e. The second-order valence-electron chi connectivity index (χ2n) is 4.21. The van der Waals surface area contributed by atoms with Gasteiger partial charge >= 0.3 is 10.2 Å². The van der Waals surface area contributed by atoms with Crippen molar-refractivity contribution in [2.75, 3.05) is 11.8 Å². The van der Waals surface area contributed by atoms with E-state index in [-0.39, 0.29) is 5.82 Å². The van der Waals surface area contributed by atoms with E-state index in [2.05, 4.69) is 25.6 Å². The minimum atomic E-state index is -3.63. The van der Waals surface area contributed by atoms with E-state index in [1.807, 2.05) is 30.3 Å². The molecule has 1 aromatic carbocycles. The van der Waals surface area contributed by atoms with Crippen molar-refractivity contribution in [3.05, 3.63) is 58.7 Å². The molecule has 5 nitrogen and oxygen atoms in total. The lowest BCUT2D eigenvalue weighted by Gasteiger charge is -2.18. The maximum absolute atomic E-state index is 12.2. The van der Waals surface area contributed by atoms with Gasteiger partial charge in [-0.3, -0.25) is 4.72 Å². The number of benzene rings is 1. The quantitative estimate of drug-likeness (QED) is 0.896. The maximum Gasteiger partial charge on any atom is 0.302 e. The molecule has 7 heteroatoms. The zero-order valence-electron chi connectivity index (χ0n) is 10.8. The van der Waals surface area contributed by atoms with E-state index in [4.69, 9.17) is 0 Å². The van der Waals surface area contributed by atoms with Gasteiger partial charge in [-0.1, -0.05) is 46.3 Å². The zero-order valence-corrected chi connectivity index (χ0v) is 13.2. The lowest BCUT2D eigenvalue weighted by molar-refractivity contribution is 0.471. The molecule has 0 unspecified atom stereocenters. The van der Waals surface area contributed by atoms with Gasteiger partial charge in [-0.25, -0.2) is 4.98 Å². The Kier molecular flexibility index (Phi) is 4.74. The molecule has 2 rings (SSSR count). The fourth-order valence-electron chi connectivity index (χ4n) is 1.60. The standard InChI is InChI=1S/C13H14BrN3O2S/c1-17(10-11-5-3-2-4-6-11)20(18,19)16-13-9-12(14)7-8-15-13/h2-9H,10H2,1H3,(H,15,16). The van der Waals surface area contributed by atoms with Crippen LogP contribution < -0.4 is 4.72 Å². The van der Waals surface area contributed by atoms with Crippen LogP contribution in [0, 0.1) is 0 Å². The molecule has 0 aliphatic heterocycles. The van der Waals surface area contributed by atoms with Gasteiger partial charge in [0.15, 0.2) is 0 Å². The van der Waals surface area contributed by atoms with Crippen molar-refractivity contribution in [3.8, 4) is 0 Å². The average Bonchev–Trinajstić information content (AvgIpc) is 2.39. The molecular weight excluding hydrogens is 342 g/mol. The number of rotatable bonds is 5. The minimum absolute atomic E-state index is 0.277. The van der Waals surface area contributed by atoms with Crippen molar-refractivity contribution >= 4 is 32.0 Å². The summed E-state index contributed by atoms with van der Waals surface area (Å²) in [6, 6.07) is 12.7. The van der Waals surface area contributed by atoms with E-state index >= 15 is 0 Å². The van der Waals surface area contributed by atoms with Crippen LogP contribution >= 0.6 is 15.9 Å². The fraction of sp³-hybridized carbons (Fsp3) is 0.154. The summed E-state index contributed by atoms with van der Waals surface area (Å²) < 4.78 is 28.8. The van der Waals surface area contributed by atoms with Gasteiger partial charge in [0, 0.05) is 24.3 Å². The number of aromatic nitrogens is 1. The second-order valence-corrected chi connectivity index (χ2v) is 6.90. The van der Waals surface area contributed by atoms with Crippen LogP contribution in [0.4, 0.5) is 5.82 Å². The summed E-state index contributed by atoms with van der Waals surface area (Å²) in [6.07, 6.45) is 1.53. The second kappa shape index (κ2) is 6.34. The topological polar surface area (TPSA) is 62.3 Å². The molecule has 0 fully saturated rings. The van der Waals surface area contributed by atoms with E-state index in [0.717, 1.165) is 10.0 Å². The Bertz CT molecular complexity index is 677. The summed E-state index contributed by atoms with van der Waals surface area (Å²) in [5.74, 6) is 0.277. The van der Waals surface area contributed by atoms with Gasteiger partial charge in [0.1, 0.15) is 5.82 Å². The van der Waals surface area contributed by atoms with E-state index in [1.165, 1.54) is 17.5 Å². The first kappa shape index (κ1) is 15.0. The number of hydrogen-bond donors (Lipinski definition) is 1. The molecule has 0 amide bonds. The van der Waals surface area contributed by atoms with E-state index < -0.39 is 10.2 Å². The molecular formula is C13H14BrN3O2S. The number of nitrogens with zero attached hydrogens (tertiary/aromatic N) is 2. The number of halogens is 1. The molecule has 0 aliphatic carbocycles. The Morgan fingerprint density at radius 2 is 1.95 bits per heavy atom. The number of anilines is 1. The summed E-state index contributed by atoms with van der Waals surface area (Å²) >= 11 is 3.27. The van der Waals surface area contributed by atoms with Gasteiger partial charge in [0.05, 0.1) is 0 Å². The summed E-state index contributed by atoms with van der Waals surface area (Å²) in [4.78, 5) is 3.97. The normalized spacial score (nSPS) is 11.6. The third-order valence-electron chi connectivity index (χ3n) is 2.61. The lowest BCUT2D eigenvalue weighted by atomic mass is 10.2. The summed E-state index contributed by atoms with van der Waals surface area (Å²) in [7, 11) is -2.11. The fourth-order valence-corrected chi connectivity index (χ4v) is 2.78. The number of nitrogens with one attached hydrogen (secondary N) is 1. The number of pyridine rings is 1. The Morgan fingerprint density at radius 3 is 2.60 bits per heavy atom. The van der Waals surface area contributed by atoms with Gasteiger partial charge in [-0.05, 0) is 17.7 Å². The van der Waals surface area contributed by atoms with Crippen molar-refractivity contribution < 1.29 is 8.42 Å². The lowest BCUT2D eigenvalue weighted by Crippen LogP contribution is -2.32. The maximum atomic E-state index is 12.2. The van der Waals surface area contributed by atoms with Gasteiger partial charge in [-0.2, -0.15) is 12.7 Å². The Hall–Kier alpha value is -1.44. The van der Waals surface area contributed by atoms with Crippen LogP contribution in [-0.2, 0) is 16.8 Å². The molecule has 0 aliphatic rings. The highest BCUT2D eigenvalue weighted by Crippen LogP contribution is 2.15. The first-order chi connectivity index (χ1) is 9.47. The average molecular weight is 356 g/mol. The molecule has 0 bridgehead atoms. The van der Waals surface area contributed by atoms with E-state index in [1.54, 1.807) is 12.1 Å². The van der Waals surface area contributed by atoms with Gasteiger partial charge in [0.2, 0.25) is 0 Å². The van der Waals surface area contributed by atoms with Gasteiger partial charge in [-0.15, -0.1) is 0 Å². The largest absolute Gasteiger partial charge is 0.302 e. The molecule has 0 radical (unpaired) electrons. The van der Waals surface area contributed by atoms with Crippen LogP contribution in [0.3, 0.4) is 0 Å². The third-order valence-corrected chi connectivity index (χ3v) is 4.52. The van der Waals surface area contributed by atoms with Crippen molar-refractivity contribution in [3.63, 3.8) is 0 Å². The highest BCUT2D eigenvalue weighted by Gasteiger charge is 2.18. The highest BCUT2D eigenvalue weighted by molar-refractivity contribution is 9.10. The molecule has 1 N–H and O–H groups in total. The summed E-state index contributed by atoms with van der Waals surface area (Å²) in [6.45, 7) is 0.296.